The van der Waals surface area contributed by atoms with E-state index in [4.69, 9.17) is 10.5 Å². The highest BCUT2D eigenvalue weighted by molar-refractivity contribution is 7.92. The van der Waals surface area contributed by atoms with E-state index < -0.39 is 10.0 Å². The number of ether oxygens (including phenoxy) is 1. The lowest BCUT2D eigenvalue weighted by atomic mass is 10.1. The number of hydrogen-bond acceptors (Lipinski definition) is 4. The van der Waals surface area contributed by atoms with Crippen LogP contribution in [0.25, 0.3) is 0 Å². The second-order valence-electron chi connectivity index (χ2n) is 5.56. The normalized spacial score (nSPS) is 14.9. The summed E-state index contributed by atoms with van der Waals surface area (Å²) in [5.74, 6) is 0.733. The van der Waals surface area contributed by atoms with E-state index >= 15 is 0 Å². The highest BCUT2D eigenvalue weighted by Crippen LogP contribution is 2.36. The van der Waals surface area contributed by atoms with Gasteiger partial charge in [-0.1, -0.05) is 12.1 Å². The molecule has 0 bridgehead atoms. The largest absolute Gasteiger partial charge is 0.496 e. The van der Waals surface area contributed by atoms with Gasteiger partial charge in [-0.05, 0) is 49.6 Å². The van der Waals surface area contributed by atoms with Gasteiger partial charge in [-0.3, -0.25) is 4.31 Å². The van der Waals surface area contributed by atoms with Crippen LogP contribution in [0.4, 0.5) is 11.4 Å². The Kier molecular flexibility index (Phi) is 4.17. The highest BCUT2D eigenvalue weighted by Gasteiger charge is 2.29. The molecule has 23 heavy (non-hydrogen) atoms. The molecule has 2 aromatic rings. The molecule has 6 heteroatoms. The van der Waals surface area contributed by atoms with Crippen molar-refractivity contribution in [3.63, 3.8) is 0 Å². The number of hydrogen-bond donors (Lipinski definition) is 1. The zero-order valence-electron chi connectivity index (χ0n) is 13.0. The summed E-state index contributed by atoms with van der Waals surface area (Å²) in [5.41, 5.74) is 7.83. The van der Waals surface area contributed by atoms with Crippen molar-refractivity contribution in [2.45, 2.75) is 24.2 Å². The molecular weight excluding hydrogens is 312 g/mol. The maximum atomic E-state index is 13.1. The van der Waals surface area contributed by atoms with Gasteiger partial charge in [0, 0.05) is 17.8 Å². The first-order chi connectivity index (χ1) is 11.0. The van der Waals surface area contributed by atoms with E-state index in [1.165, 1.54) is 10.4 Å². The van der Waals surface area contributed by atoms with Crippen molar-refractivity contribution < 1.29 is 13.2 Å². The number of benzene rings is 2. The lowest BCUT2D eigenvalue weighted by molar-refractivity contribution is 0.409. The molecule has 122 valence electrons. The minimum Gasteiger partial charge on any atom is -0.496 e. The van der Waals surface area contributed by atoms with Gasteiger partial charge >= 0.3 is 0 Å². The molecule has 1 aliphatic rings. The molecule has 0 radical (unpaired) electrons. The Morgan fingerprint density at radius 2 is 1.91 bits per heavy atom. The molecule has 0 unspecified atom stereocenters. The molecule has 0 saturated heterocycles. The van der Waals surface area contributed by atoms with Crippen molar-refractivity contribution in [1.29, 1.82) is 0 Å². The van der Waals surface area contributed by atoms with E-state index in [-0.39, 0.29) is 4.90 Å². The van der Waals surface area contributed by atoms with E-state index in [9.17, 15) is 8.42 Å². The molecule has 1 heterocycles. The lowest BCUT2D eigenvalue weighted by Crippen LogP contribution is -2.32. The number of sulfonamides is 1. The summed E-state index contributed by atoms with van der Waals surface area (Å²) in [5, 5.41) is 0. The minimum absolute atomic E-state index is 0.216. The van der Waals surface area contributed by atoms with Gasteiger partial charge in [0.05, 0.1) is 17.7 Å². The summed E-state index contributed by atoms with van der Waals surface area (Å²) in [7, 11) is -2.04. The van der Waals surface area contributed by atoms with Crippen LogP contribution in [0.5, 0.6) is 5.75 Å². The van der Waals surface area contributed by atoms with Crippen LogP contribution in [-0.2, 0) is 16.4 Å². The van der Waals surface area contributed by atoms with E-state index in [1.807, 2.05) is 18.2 Å². The molecule has 3 rings (SSSR count). The topological polar surface area (TPSA) is 72.6 Å². The van der Waals surface area contributed by atoms with Crippen LogP contribution in [0.15, 0.2) is 47.4 Å². The molecular formula is C17H20N2O3S. The molecule has 0 aromatic heterocycles. The second-order valence-corrected chi connectivity index (χ2v) is 7.43. The van der Waals surface area contributed by atoms with E-state index in [1.54, 1.807) is 25.3 Å². The van der Waals surface area contributed by atoms with Crippen LogP contribution < -0.4 is 14.8 Å². The first kappa shape index (κ1) is 15.7. The predicted octanol–water partition coefficient (Wildman–Crippen LogP) is 2.81. The molecule has 2 aromatic carbocycles. The Balaban J connectivity index is 2.14. The average Bonchev–Trinajstić information content (AvgIpc) is 2.77. The van der Waals surface area contributed by atoms with E-state index in [0.717, 1.165) is 30.6 Å². The predicted molar refractivity (Wildman–Crippen MR) is 91.3 cm³/mol. The molecule has 1 aliphatic heterocycles. The van der Waals surface area contributed by atoms with Crippen molar-refractivity contribution in [1.82, 2.24) is 0 Å². The summed E-state index contributed by atoms with van der Waals surface area (Å²) in [6.45, 7) is 0.456. The summed E-state index contributed by atoms with van der Waals surface area (Å²) in [6, 6.07) is 12.0. The molecule has 0 spiro atoms. The molecule has 0 amide bonds. The van der Waals surface area contributed by atoms with Crippen molar-refractivity contribution in [2.24, 2.45) is 0 Å². The summed E-state index contributed by atoms with van der Waals surface area (Å²) >= 11 is 0. The van der Waals surface area contributed by atoms with E-state index in [2.05, 4.69) is 0 Å². The van der Waals surface area contributed by atoms with Gasteiger partial charge in [0.1, 0.15) is 5.75 Å². The number of nitrogens with zero attached hydrogens (tertiary/aromatic N) is 1. The zero-order chi connectivity index (χ0) is 16.4. The van der Waals surface area contributed by atoms with Crippen molar-refractivity contribution in [2.75, 3.05) is 23.7 Å². The van der Waals surface area contributed by atoms with Gasteiger partial charge in [-0.2, -0.15) is 0 Å². The highest BCUT2D eigenvalue weighted by atomic mass is 32.2. The van der Waals surface area contributed by atoms with Crippen LogP contribution in [0, 0.1) is 0 Å². The van der Waals surface area contributed by atoms with Crippen LogP contribution >= 0.6 is 0 Å². The molecule has 2 N–H and O–H groups in total. The van der Waals surface area contributed by atoms with Gasteiger partial charge in [-0.25, -0.2) is 8.42 Å². The molecule has 0 saturated carbocycles. The third-order valence-electron chi connectivity index (χ3n) is 4.08. The Labute approximate surface area is 136 Å². The third-order valence-corrected chi connectivity index (χ3v) is 5.89. The van der Waals surface area contributed by atoms with Gasteiger partial charge in [0.15, 0.2) is 0 Å². The van der Waals surface area contributed by atoms with Crippen LogP contribution in [0.2, 0.25) is 0 Å². The Morgan fingerprint density at radius 1 is 1.13 bits per heavy atom. The monoisotopic (exact) mass is 332 g/mol. The maximum Gasteiger partial charge on any atom is 0.264 e. The number of rotatable bonds is 3. The van der Waals surface area contributed by atoms with Crippen LogP contribution in [-0.4, -0.2) is 22.1 Å². The fraction of sp³-hybridized carbons (Fsp3) is 0.294. The number of anilines is 2. The molecule has 0 fully saturated rings. The fourth-order valence-electron chi connectivity index (χ4n) is 2.96. The lowest BCUT2D eigenvalue weighted by Gasteiger charge is -2.25. The Bertz CT molecular complexity index is 818. The van der Waals surface area contributed by atoms with Crippen molar-refractivity contribution in [3.05, 3.63) is 48.0 Å². The van der Waals surface area contributed by atoms with Crippen LogP contribution in [0.1, 0.15) is 18.4 Å². The van der Waals surface area contributed by atoms with Gasteiger partial charge < -0.3 is 10.5 Å². The summed E-state index contributed by atoms with van der Waals surface area (Å²) < 4.78 is 33.1. The Morgan fingerprint density at radius 3 is 2.65 bits per heavy atom. The van der Waals surface area contributed by atoms with Crippen molar-refractivity contribution in [3.8, 4) is 5.75 Å². The third kappa shape index (κ3) is 2.86. The summed E-state index contributed by atoms with van der Waals surface area (Å²) in [4.78, 5) is 0.216. The zero-order valence-corrected chi connectivity index (χ0v) is 13.8. The van der Waals surface area contributed by atoms with Crippen molar-refractivity contribution >= 4 is 21.4 Å². The first-order valence-electron chi connectivity index (χ1n) is 7.58. The maximum absolute atomic E-state index is 13.1. The van der Waals surface area contributed by atoms with Gasteiger partial charge in [0.2, 0.25) is 0 Å². The smallest absolute Gasteiger partial charge is 0.264 e. The number of nitrogen functional groups attached to an aromatic ring is 1. The fourth-order valence-corrected chi connectivity index (χ4v) is 4.55. The van der Waals surface area contributed by atoms with Crippen LogP contribution in [0.3, 0.4) is 0 Å². The Hall–Kier alpha value is -2.21. The van der Waals surface area contributed by atoms with E-state index in [0.29, 0.717) is 17.9 Å². The van der Waals surface area contributed by atoms with Gasteiger partial charge in [-0.15, -0.1) is 0 Å². The molecule has 0 aliphatic carbocycles. The number of fused-ring (bicyclic) bond motifs is 1. The minimum atomic E-state index is -3.65. The summed E-state index contributed by atoms with van der Waals surface area (Å²) in [6.07, 6.45) is 2.54. The molecule has 5 nitrogen and oxygen atoms in total. The number of nitrogens with two attached hydrogens (primary N) is 1. The standard InChI is InChI=1S/C17H20N2O3S/c1-22-17-10-5-9-16-15(17)8-2-3-11-19(16)23(20,21)14-7-4-6-13(18)12-14/h4-7,9-10,12H,2-3,8,11,18H2,1H3. The van der Waals surface area contributed by atoms with Gasteiger partial charge in [0.25, 0.3) is 10.0 Å². The first-order valence-corrected chi connectivity index (χ1v) is 9.02. The number of methoxy groups -OCH3 is 1. The second kappa shape index (κ2) is 6.12. The quantitative estimate of drug-likeness (QED) is 0.877. The molecule has 0 atom stereocenters. The SMILES string of the molecule is COc1cccc2c1CCCCN2S(=O)(=O)c1cccc(N)c1. The average molecular weight is 332 g/mol.